The van der Waals surface area contributed by atoms with Crippen molar-refractivity contribution in [3.63, 3.8) is 0 Å². The summed E-state index contributed by atoms with van der Waals surface area (Å²) in [5.74, 6) is 1.36. The van der Waals surface area contributed by atoms with Crippen LogP contribution in [0.5, 0.6) is 11.5 Å². The van der Waals surface area contributed by atoms with E-state index in [9.17, 15) is 9.59 Å². The summed E-state index contributed by atoms with van der Waals surface area (Å²) >= 11 is 0. The number of nitrogens with zero attached hydrogens (tertiary/aromatic N) is 1. The highest BCUT2D eigenvalue weighted by Crippen LogP contribution is 2.32. The summed E-state index contributed by atoms with van der Waals surface area (Å²) in [6, 6.07) is 23.0. The quantitative estimate of drug-likeness (QED) is 0.532. The summed E-state index contributed by atoms with van der Waals surface area (Å²) in [7, 11) is 0. The van der Waals surface area contributed by atoms with Crippen LogP contribution in [0.15, 0.2) is 72.8 Å². The molecule has 0 saturated carbocycles. The lowest BCUT2D eigenvalue weighted by molar-refractivity contribution is -0.122. The summed E-state index contributed by atoms with van der Waals surface area (Å²) < 4.78 is 6.12. The van der Waals surface area contributed by atoms with E-state index in [1.165, 1.54) is 0 Å². The number of aryl methyl sites for hydroxylation is 1. The van der Waals surface area contributed by atoms with Crippen LogP contribution in [-0.4, -0.2) is 18.4 Å². The first kappa shape index (κ1) is 21.6. The van der Waals surface area contributed by atoms with Crippen LogP contribution in [0.4, 0.5) is 11.4 Å². The van der Waals surface area contributed by atoms with Gasteiger partial charge in [0.15, 0.2) is 0 Å². The maximum Gasteiger partial charge on any atom is 0.229 e. The van der Waals surface area contributed by atoms with Gasteiger partial charge in [0.1, 0.15) is 11.5 Å². The average molecular weight is 429 g/mol. The van der Waals surface area contributed by atoms with Crippen LogP contribution in [0.25, 0.3) is 0 Å². The molecule has 1 N–H and O–H groups in total. The Morgan fingerprint density at radius 1 is 1.03 bits per heavy atom. The van der Waals surface area contributed by atoms with Crippen LogP contribution >= 0.6 is 0 Å². The van der Waals surface area contributed by atoms with Crippen molar-refractivity contribution in [2.45, 2.75) is 33.1 Å². The van der Waals surface area contributed by atoms with Crippen molar-refractivity contribution in [3.8, 4) is 11.5 Å². The van der Waals surface area contributed by atoms with Gasteiger partial charge in [-0.2, -0.15) is 0 Å². The Morgan fingerprint density at radius 2 is 1.75 bits per heavy atom. The normalized spacial score (nSPS) is 15.8. The van der Waals surface area contributed by atoms with E-state index >= 15 is 0 Å². The molecule has 3 aromatic rings. The van der Waals surface area contributed by atoms with Gasteiger partial charge in [0.25, 0.3) is 0 Å². The summed E-state index contributed by atoms with van der Waals surface area (Å²) in [6.45, 7) is 6.72. The summed E-state index contributed by atoms with van der Waals surface area (Å²) in [5.41, 5.74) is 3.80. The molecule has 164 valence electrons. The largest absolute Gasteiger partial charge is 0.457 e. The average Bonchev–Trinajstić information content (AvgIpc) is 3.17. The third-order valence-electron chi connectivity index (χ3n) is 5.70. The van der Waals surface area contributed by atoms with Crippen molar-refractivity contribution in [2.24, 2.45) is 5.92 Å². The standard InChI is InChI=1S/C27H28N2O3/c1-18(2)24-14-9-19(3)15-25(24)32-23-12-10-21(11-13-23)28-27(31)20-16-26(30)29(17-20)22-7-5-4-6-8-22/h4-15,18,20H,16-17H2,1-3H3,(H,28,31)/t20-/m0/s1. The molecule has 5 nitrogen and oxygen atoms in total. The second kappa shape index (κ2) is 9.27. The minimum absolute atomic E-state index is 0.0285. The van der Waals surface area contributed by atoms with Gasteiger partial charge in [0.2, 0.25) is 11.8 Å². The third kappa shape index (κ3) is 4.83. The topological polar surface area (TPSA) is 58.6 Å². The van der Waals surface area contributed by atoms with E-state index in [4.69, 9.17) is 4.74 Å². The van der Waals surface area contributed by atoms with Crippen molar-refractivity contribution < 1.29 is 14.3 Å². The molecule has 0 bridgehead atoms. The predicted octanol–water partition coefficient (Wildman–Crippen LogP) is 5.90. The molecule has 3 aromatic carbocycles. The van der Waals surface area contributed by atoms with Crippen molar-refractivity contribution >= 4 is 23.2 Å². The summed E-state index contributed by atoms with van der Waals surface area (Å²) in [6.07, 6.45) is 0.216. The molecule has 2 amide bonds. The number of ether oxygens (including phenoxy) is 1. The van der Waals surface area contributed by atoms with Gasteiger partial charge in [-0.25, -0.2) is 0 Å². The van der Waals surface area contributed by atoms with Crippen LogP contribution in [-0.2, 0) is 9.59 Å². The van der Waals surface area contributed by atoms with Crippen molar-refractivity contribution in [3.05, 3.63) is 83.9 Å². The molecule has 1 atom stereocenters. The first-order valence-electron chi connectivity index (χ1n) is 11.0. The maximum atomic E-state index is 12.7. The van der Waals surface area contributed by atoms with Gasteiger partial charge in [0.05, 0.1) is 5.92 Å². The zero-order valence-corrected chi connectivity index (χ0v) is 18.7. The fourth-order valence-corrected chi connectivity index (χ4v) is 3.93. The van der Waals surface area contributed by atoms with E-state index in [2.05, 4.69) is 31.3 Å². The van der Waals surface area contributed by atoms with Gasteiger partial charge in [-0.15, -0.1) is 0 Å². The summed E-state index contributed by atoms with van der Waals surface area (Å²) in [5, 5.41) is 2.93. The Bertz CT molecular complexity index is 1110. The van der Waals surface area contributed by atoms with Gasteiger partial charge in [-0.05, 0) is 66.4 Å². The Morgan fingerprint density at radius 3 is 2.44 bits per heavy atom. The lowest BCUT2D eigenvalue weighted by Crippen LogP contribution is -2.28. The highest BCUT2D eigenvalue weighted by atomic mass is 16.5. The molecule has 5 heteroatoms. The van der Waals surface area contributed by atoms with Gasteiger partial charge in [0, 0.05) is 24.3 Å². The molecule has 1 fully saturated rings. The second-order valence-corrected chi connectivity index (χ2v) is 8.55. The highest BCUT2D eigenvalue weighted by Gasteiger charge is 2.35. The van der Waals surface area contributed by atoms with Gasteiger partial charge in [-0.3, -0.25) is 9.59 Å². The van der Waals surface area contributed by atoms with Crippen LogP contribution in [0.3, 0.4) is 0 Å². The van der Waals surface area contributed by atoms with Crippen LogP contribution < -0.4 is 15.0 Å². The number of benzene rings is 3. The molecule has 0 radical (unpaired) electrons. The Labute approximate surface area is 189 Å². The maximum absolute atomic E-state index is 12.7. The van der Waals surface area contributed by atoms with E-state index in [1.54, 1.807) is 4.90 Å². The SMILES string of the molecule is Cc1ccc(C(C)C)c(Oc2ccc(NC(=O)[C@H]3CC(=O)N(c4ccccc4)C3)cc2)c1. The molecule has 1 aliphatic heterocycles. The minimum Gasteiger partial charge on any atom is -0.457 e. The molecule has 4 rings (SSSR count). The number of anilines is 2. The zero-order valence-electron chi connectivity index (χ0n) is 18.7. The minimum atomic E-state index is -0.375. The number of carbonyl (C=O) groups excluding carboxylic acids is 2. The first-order valence-corrected chi connectivity index (χ1v) is 11.0. The highest BCUT2D eigenvalue weighted by molar-refractivity contribution is 6.03. The third-order valence-corrected chi connectivity index (χ3v) is 5.70. The smallest absolute Gasteiger partial charge is 0.229 e. The van der Waals surface area contributed by atoms with E-state index in [-0.39, 0.29) is 24.2 Å². The number of hydrogen-bond donors (Lipinski definition) is 1. The van der Waals surface area contributed by atoms with Crippen LogP contribution in [0, 0.1) is 12.8 Å². The molecular formula is C27H28N2O3. The molecule has 1 aliphatic rings. The van der Waals surface area contributed by atoms with E-state index in [1.807, 2.05) is 67.6 Å². The molecule has 0 spiro atoms. The fourth-order valence-electron chi connectivity index (χ4n) is 3.93. The molecule has 0 unspecified atom stereocenters. The number of hydrogen-bond acceptors (Lipinski definition) is 3. The van der Waals surface area contributed by atoms with Crippen molar-refractivity contribution in [1.29, 1.82) is 0 Å². The van der Waals surface area contributed by atoms with Crippen LogP contribution in [0.1, 0.15) is 37.3 Å². The first-order chi connectivity index (χ1) is 15.4. The van der Waals surface area contributed by atoms with E-state index in [0.717, 1.165) is 22.6 Å². The Balaban J connectivity index is 1.40. The number of rotatable bonds is 6. The number of amides is 2. The molecular weight excluding hydrogens is 400 g/mol. The molecule has 1 heterocycles. The lowest BCUT2D eigenvalue weighted by Gasteiger charge is -2.17. The van der Waals surface area contributed by atoms with E-state index < -0.39 is 0 Å². The zero-order chi connectivity index (χ0) is 22.7. The van der Waals surface area contributed by atoms with Crippen molar-refractivity contribution in [1.82, 2.24) is 0 Å². The van der Waals surface area contributed by atoms with Gasteiger partial charge < -0.3 is 15.0 Å². The number of carbonyl (C=O) groups is 2. The summed E-state index contributed by atoms with van der Waals surface area (Å²) in [4.78, 5) is 26.8. The Kier molecular flexibility index (Phi) is 6.26. The number of para-hydroxylation sites is 1. The molecule has 0 aromatic heterocycles. The monoisotopic (exact) mass is 428 g/mol. The van der Waals surface area contributed by atoms with Crippen molar-refractivity contribution in [2.75, 3.05) is 16.8 Å². The Hall–Kier alpha value is -3.60. The van der Waals surface area contributed by atoms with Gasteiger partial charge >= 0.3 is 0 Å². The van der Waals surface area contributed by atoms with Gasteiger partial charge in [-0.1, -0.05) is 44.2 Å². The molecule has 0 aliphatic carbocycles. The van der Waals surface area contributed by atoms with Crippen LogP contribution in [0.2, 0.25) is 0 Å². The lowest BCUT2D eigenvalue weighted by atomic mass is 10.0. The predicted molar refractivity (Wildman–Crippen MR) is 127 cm³/mol. The molecule has 1 saturated heterocycles. The molecule has 32 heavy (non-hydrogen) atoms. The fraction of sp³-hybridized carbons (Fsp3) is 0.259. The second-order valence-electron chi connectivity index (χ2n) is 8.55. The van der Waals surface area contributed by atoms with E-state index in [0.29, 0.717) is 23.9 Å². The number of nitrogens with one attached hydrogen (secondary N) is 1.